The van der Waals surface area contributed by atoms with Crippen molar-refractivity contribution in [1.29, 1.82) is 0 Å². The average molecular weight is 495 g/mol. The lowest BCUT2D eigenvalue weighted by atomic mass is 9.94. The molecule has 3 aromatic rings. The average Bonchev–Trinajstić information content (AvgIpc) is 3.39. The summed E-state index contributed by atoms with van der Waals surface area (Å²) in [4.78, 5) is 24.5. The second-order valence-electron chi connectivity index (χ2n) is 9.09. The molecule has 0 radical (unpaired) electrons. The van der Waals surface area contributed by atoms with Crippen LogP contribution in [-0.4, -0.2) is 18.4 Å². The molecule has 36 heavy (non-hydrogen) atoms. The second kappa shape index (κ2) is 11.9. The van der Waals surface area contributed by atoms with Gasteiger partial charge in [0.25, 0.3) is 0 Å². The predicted octanol–water partition coefficient (Wildman–Crippen LogP) is 5.73. The number of ether oxygens (including phenoxy) is 1. The number of hydrogen-bond acceptors (Lipinski definition) is 3. The predicted molar refractivity (Wildman–Crippen MR) is 150 cm³/mol. The monoisotopic (exact) mass is 494 g/mol. The molecular formula is C32H31O3P. The number of benzene rings is 3. The van der Waals surface area contributed by atoms with E-state index in [1.807, 2.05) is 50.3 Å². The zero-order valence-electron chi connectivity index (χ0n) is 20.7. The first-order valence-corrected chi connectivity index (χ1v) is 13.5. The van der Waals surface area contributed by atoms with Gasteiger partial charge in [-0.1, -0.05) is 117 Å². The molecule has 0 N–H and O–H groups in total. The summed E-state index contributed by atoms with van der Waals surface area (Å²) in [5, 5.41) is 3.70. The fourth-order valence-corrected chi connectivity index (χ4v) is 7.09. The quantitative estimate of drug-likeness (QED) is 0.157. The Bertz CT molecular complexity index is 1240. The van der Waals surface area contributed by atoms with Gasteiger partial charge in [-0.25, -0.2) is 0 Å². The first kappa shape index (κ1) is 25.5. The summed E-state index contributed by atoms with van der Waals surface area (Å²) in [7, 11) is -0.837. The molecule has 0 bridgehead atoms. The third-order valence-electron chi connectivity index (χ3n) is 6.37. The van der Waals surface area contributed by atoms with Crippen LogP contribution in [0.3, 0.4) is 0 Å². The normalized spacial score (nSPS) is 16.3. The van der Waals surface area contributed by atoms with Crippen LogP contribution in [0.1, 0.15) is 25.8 Å². The lowest BCUT2D eigenvalue weighted by Crippen LogP contribution is -2.30. The van der Waals surface area contributed by atoms with Crippen LogP contribution in [0.5, 0.6) is 0 Å². The van der Waals surface area contributed by atoms with Crippen molar-refractivity contribution in [3.63, 3.8) is 0 Å². The van der Waals surface area contributed by atoms with Gasteiger partial charge in [0.15, 0.2) is 0 Å². The Balaban J connectivity index is 1.71. The van der Waals surface area contributed by atoms with Crippen LogP contribution < -0.4 is 15.9 Å². The summed E-state index contributed by atoms with van der Waals surface area (Å²) in [6, 6.07) is 29.4. The SMILES string of the molecule is C=C(C)[C@H](OC(=O)C1C=CC=C1c1ccccc1P(c1ccccc1)c1ccccc1)[C@@H](C)CC=O. The number of aldehydes is 1. The number of hydrogen-bond donors (Lipinski definition) is 0. The van der Waals surface area contributed by atoms with Gasteiger partial charge in [0.1, 0.15) is 18.3 Å². The van der Waals surface area contributed by atoms with E-state index in [9.17, 15) is 9.59 Å². The maximum Gasteiger partial charge on any atom is 0.317 e. The minimum Gasteiger partial charge on any atom is -0.457 e. The van der Waals surface area contributed by atoms with E-state index >= 15 is 0 Å². The molecular weight excluding hydrogens is 463 g/mol. The van der Waals surface area contributed by atoms with E-state index in [1.165, 1.54) is 15.9 Å². The molecule has 0 saturated carbocycles. The number of rotatable bonds is 10. The van der Waals surface area contributed by atoms with Crippen LogP contribution >= 0.6 is 7.92 Å². The highest BCUT2D eigenvalue weighted by atomic mass is 31.1. The van der Waals surface area contributed by atoms with E-state index in [0.29, 0.717) is 6.42 Å². The summed E-state index contributed by atoms with van der Waals surface area (Å²) in [6.45, 7) is 7.74. The lowest BCUT2D eigenvalue weighted by Gasteiger charge is -2.27. The third-order valence-corrected chi connectivity index (χ3v) is 8.87. The highest BCUT2D eigenvalue weighted by Gasteiger charge is 2.32. The van der Waals surface area contributed by atoms with Crippen LogP contribution in [0.2, 0.25) is 0 Å². The summed E-state index contributed by atoms with van der Waals surface area (Å²) >= 11 is 0. The Morgan fingerprint density at radius 1 is 0.972 bits per heavy atom. The van der Waals surface area contributed by atoms with E-state index in [-0.39, 0.29) is 11.9 Å². The van der Waals surface area contributed by atoms with E-state index in [1.54, 1.807) is 0 Å². The van der Waals surface area contributed by atoms with Crippen molar-refractivity contribution in [2.24, 2.45) is 11.8 Å². The van der Waals surface area contributed by atoms with Crippen LogP contribution in [0.25, 0.3) is 5.57 Å². The van der Waals surface area contributed by atoms with Crippen molar-refractivity contribution in [3.8, 4) is 0 Å². The Labute approximate surface area is 215 Å². The highest BCUT2D eigenvalue weighted by molar-refractivity contribution is 7.80. The molecule has 0 fully saturated rings. The number of carbonyl (C=O) groups excluding carboxylic acids is 2. The van der Waals surface area contributed by atoms with Crippen molar-refractivity contribution in [3.05, 3.63) is 121 Å². The number of esters is 1. The molecule has 182 valence electrons. The third kappa shape index (κ3) is 5.64. The van der Waals surface area contributed by atoms with Gasteiger partial charge in [-0.3, -0.25) is 4.79 Å². The fraction of sp³-hybridized carbons (Fsp3) is 0.188. The van der Waals surface area contributed by atoms with Gasteiger partial charge in [-0.05, 0) is 47.5 Å². The smallest absolute Gasteiger partial charge is 0.317 e. The molecule has 0 aromatic heterocycles. The lowest BCUT2D eigenvalue weighted by molar-refractivity contribution is -0.151. The van der Waals surface area contributed by atoms with Gasteiger partial charge < -0.3 is 9.53 Å². The van der Waals surface area contributed by atoms with E-state index in [0.717, 1.165) is 23.0 Å². The zero-order valence-corrected chi connectivity index (χ0v) is 21.6. The van der Waals surface area contributed by atoms with Crippen LogP contribution in [0.4, 0.5) is 0 Å². The summed E-state index contributed by atoms with van der Waals surface area (Å²) in [5.74, 6) is -0.961. The van der Waals surface area contributed by atoms with E-state index in [4.69, 9.17) is 4.74 Å². The Kier molecular flexibility index (Phi) is 8.46. The fourth-order valence-electron chi connectivity index (χ4n) is 4.61. The summed E-state index contributed by atoms with van der Waals surface area (Å²) in [6.07, 6.45) is 6.51. The Morgan fingerprint density at radius 3 is 2.14 bits per heavy atom. The molecule has 1 unspecified atom stereocenters. The topological polar surface area (TPSA) is 43.4 Å². The summed E-state index contributed by atoms with van der Waals surface area (Å²) in [5.41, 5.74) is 2.72. The van der Waals surface area contributed by atoms with Gasteiger partial charge >= 0.3 is 5.97 Å². The molecule has 0 aliphatic heterocycles. The largest absolute Gasteiger partial charge is 0.457 e. The van der Waals surface area contributed by atoms with Gasteiger partial charge in [-0.15, -0.1) is 0 Å². The van der Waals surface area contributed by atoms with Gasteiger partial charge in [-0.2, -0.15) is 0 Å². The van der Waals surface area contributed by atoms with E-state index in [2.05, 4.69) is 73.3 Å². The van der Waals surface area contributed by atoms with Crippen LogP contribution in [0, 0.1) is 11.8 Å². The van der Waals surface area contributed by atoms with Crippen LogP contribution in [0.15, 0.2) is 115 Å². The van der Waals surface area contributed by atoms with Crippen molar-refractivity contribution >= 4 is 41.7 Å². The molecule has 1 aliphatic rings. The zero-order chi connectivity index (χ0) is 25.5. The van der Waals surface area contributed by atoms with Crippen molar-refractivity contribution in [2.75, 3.05) is 0 Å². The minimum atomic E-state index is -0.837. The summed E-state index contributed by atoms with van der Waals surface area (Å²) < 4.78 is 5.95. The molecule has 1 aliphatic carbocycles. The first-order chi connectivity index (χ1) is 17.5. The Morgan fingerprint density at radius 2 is 1.56 bits per heavy atom. The number of allylic oxidation sites excluding steroid dienone is 2. The maximum atomic E-state index is 13.4. The molecule has 0 saturated heterocycles. The molecule has 3 nitrogen and oxygen atoms in total. The molecule has 0 spiro atoms. The maximum absolute atomic E-state index is 13.4. The van der Waals surface area contributed by atoms with Crippen LogP contribution in [-0.2, 0) is 14.3 Å². The van der Waals surface area contributed by atoms with Gasteiger partial charge in [0.2, 0.25) is 0 Å². The number of carbonyl (C=O) groups is 2. The molecule has 4 heteroatoms. The van der Waals surface area contributed by atoms with Crippen molar-refractivity contribution in [1.82, 2.24) is 0 Å². The molecule has 0 amide bonds. The molecule has 3 aromatic carbocycles. The molecule has 3 atom stereocenters. The van der Waals surface area contributed by atoms with Gasteiger partial charge in [0, 0.05) is 12.3 Å². The van der Waals surface area contributed by atoms with Crippen molar-refractivity contribution < 1.29 is 14.3 Å². The van der Waals surface area contributed by atoms with Gasteiger partial charge in [0.05, 0.1) is 0 Å². The molecule has 0 heterocycles. The standard InChI is InChI=1S/C32H31O3P/c1-23(2)31(24(3)21-22-33)35-32(34)29-19-12-18-27(29)28-17-10-11-20-30(28)36(25-13-6-4-7-14-25)26-15-8-5-9-16-26/h4-20,22,24,29,31H,1,21H2,2-3H3/t24-,29?,31-/m0/s1. The molecule has 4 rings (SSSR count). The Hall–Kier alpha value is -3.55. The highest BCUT2D eigenvalue weighted by Crippen LogP contribution is 2.39. The first-order valence-electron chi connectivity index (χ1n) is 12.2. The van der Waals surface area contributed by atoms with Crippen molar-refractivity contribution in [2.45, 2.75) is 26.4 Å². The van der Waals surface area contributed by atoms with E-state index < -0.39 is 19.9 Å². The minimum absolute atomic E-state index is 0.127. The second-order valence-corrected chi connectivity index (χ2v) is 11.3.